The summed E-state index contributed by atoms with van der Waals surface area (Å²) in [4.78, 5) is 11.8. The molecule has 0 atom stereocenters. The molecule has 1 aromatic carbocycles. The van der Waals surface area contributed by atoms with E-state index >= 15 is 0 Å². The van der Waals surface area contributed by atoms with Crippen molar-refractivity contribution in [2.45, 2.75) is 65.3 Å². The lowest BCUT2D eigenvalue weighted by atomic mass is 10.1. The van der Waals surface area contributed by atoms with Gasteiger partial charge in [-0.1, -0.05) is 32.6 Å². The number of ether oxygens (including phenoxy) is 1. The van der Waals surface area contributed by atoms with E-state index in [0.29, 0.717) is 0 Å². The molecule has 0 aromatic heterocycles. The minimum atomic E-state index is -0.201. The number of unbranched alkanes of at least 4 members (excludes halogenated alkanes) is 4. The summed E-state index contributed by atoms with van der Waals surface area (Å²) in [7, 11) is 0. The highest BCUT2D eigenvalue weighted by molar-refractivity contribution is 5.81. The Hall–Kier alpha value is -1.71. The van der Waals surface area contributed by atoms with Crippen molar-refractivity contribution in [1.82, 2.24) is 5.32 Å². The average molecular weight is 320 g/mol. The van der Waals surface area contributed by atoms with Gasteiger partial charge >= 0.3 is 0 Å². The molecule has 0 saturated carbocycles. The van der Waals surface area contributed by atoms with Crippen LogP contribution >= 0.6 is 0 Å². The van der Waals surface area contributed by atoms with Crippen LogP contribution in [0.2, 0.25) is 0 Å². The topological polar surface area (TPSA) is 50.4 Å². The molecule has 130 valence electrons. The molecule has 1 amide bonds. The predicted molar refractivity (Wildman–Crippen MR) is 97.1 cm³/mol. The van der Waals surface area contributed by atoms with Crippen LogP contribution < -0.4 is 15.4 Å². The van der Waals surface area contributed by atoms with E-state index in [4.69, 9.17) is 4.74 Å². The van der Waals surface area contributed by atoms with Gasteiger partial charge in [-0.15, -0.1) is 0 Å². The fourth-order valence-electron chi connectivity index (χ4n) is 2.21. The molecule has 0 unspecified atom stereocenters. The largest absolute Gasteiger partial charge is 0.494 e. The normalized spacial score (nSPS) is 11.1. The van der Waals surface area contributed by atoms with E-state index in [1.807, 2.05) is 45.0 Å². The number of nitrogens with one attached hydrogen (secondary N) is 2. The van der Waals surface area contributed by atoms with Gasteiger partial charge in [-0.3, -0.25) is 4.79 Å². The monoisotopic (exact) mass is 320 g/mol. The number of benzene rings is 1. The third-order valence-electron chi connectivity index (χ3n) is 3.34. The number of carbonyl (C=O) groups excluding carboxylic acids is 1. The lowest BCUT2D eigenvalue weighted by Crippen LogP contribution is -2.43. The molecule has 2 N–H and O–H groups in total. The molecule has 0 bridgehead atoms. The number of rotatable bonds is 10. The van der Waals surface area contributed by atoms with Crippen LogP contribution in [-0.2, 0) is 4.79 Å². The Bertz CT molecular complexity index is 449. The quantitative estimate of drug-likeness (QED) is 0.630. The van der Waals surface area contributed by atoms with Gasteiger partial charge in [0.2, 0.25) is 5.91 Å². The third kappa shape index (κ3) is 9.82. The minimum absolute atomic E-state index is 0.00935. The van der Waals surface area contributed by atoms with Gasteiger partial charge in [-0.05, 0) is 51.5 Å². The Morgan fingerprint density at radius 2 is 1.70 bits per heavy atom. The molecule has 0 aliphatic rings. The fraction of sp³-hybridized carbons (Fsp3) is 0.632. The van der Waals surface area contributed by atoms with Crippen molar-refractivity contribution in [1.29, 1.82) is 0 Å². The van der Waals surface area contributed by atoms with Crippen LogP contribution in [0.3, 0.4) is 0 Å². The Morgan fingerprint density at radius 1 is 1.04 bits per heavy atom. The van der Waals surface area contributed by atoms with Gasteiger partial charge in [0.25, 0.3) is 0 Å². The maximum atomic E-state index is 11.8. The summed E-state index contributed by atoms with van der Waals surface area (Å²) in [5.41, 5.74) is 0.720. The second-order valence-electron chi connectivity index (χ2n) is 6.94. The van der Waals surface area contributed by atoms with Crippen LogP contribution in [0.5, 0.6) is 5.75 Å². The van der Waals surface area contributed by atoms with E-state index in [1.165, 1.54) is 25.7 Å². The average Bonchev–Trinajstić information content (AvgIpc) is 2.48. The summed E-state index contributed by atoms with van der Waals surface area (Å²) >= 11 is 0. The molecule has 0 saturated heterocycles. The van der Waals surface area contributed by atoms with E-state index in [0.717, 1.165) is 24.5 Å². The van der Waals surface area contributed by atoms with Crippen molar-refractivity contribution in [3.8, 4) is 5.75 Å². The van der Waals surface area contributed by atoms with Crippen LogP contribution in [0.25, 0.3) is 0 Å². The molecule has 0 radical (unpaired) electrons. The highest BCUT2D eigenvalue weighted by Crippen LogP contribution is 2.16. The zero-order valence-corrected chi connectivity index (χ0v) is 15.1. The van der Waals surface area contributed by atoms with E-state index in [2.05, 4.69) is 17.6 Å². The van der Waals surface area contributed by atoms with Crippen molar-refractivity contribution in [2.24, 2.45) is 0 Å². The van der Waals surface area contributed by atoms with Gasteiger partial charge in [-0.25, -0.2) is 0 Å². The minimum Gasteiger partial charge on any atom is -0.494 e. The van der Waals surface area contributed by atoms with Crippen molar-refractivity contribution in [3.63, 3.8) is 0 Å². The number of hydrogen-bond donors (Lipinski definition) is 2. The van der Waals surface area contributed by atoms with Gasteiger partial charge in [-0.2, -0.15) is 0 Å². The molecule has 0 aliphatic carbocycles. The van der Waals surface area contributed by atoms with Crippen LogP contribution in [0.1, 0.15) is 59.8 Å². The zero-order valence-electron chi connectivity index (χ0n) is 15.1. The summed E-state index contributed by atoms with van der Waals surface area (Å²) in [6.45, 7) is 9.18. The first-order valence-corrected chi connectivity index (χ1v) is 8.68. The summed E-state index contributed by atoms with van der Waals surface area (Å²) in [6.07, 6.45) is 6.20. The zero-order chi connectivity index (χ0) is 17.1. The van der Waals surface area contributed by atoms with Crippen molar-refractivity contribution >= 4 is 11.6 Å². The van der Waals surface area contributed by atoms with E-state index < -0.39 is 0 Å². The summed E-state index contributed by atoms with van der Waals surface area (Å²) in [6, 6.07) is 7.76. The fourth-order valence-corrected chi connectivity index (χ4v) is 2.21. The highest BCUT2D eigenvalue weighted by atomic mass is 16.5. The molecule has 4 nitrogen and oxygen atoms in total. The smallest absolute Gasteiger partial charge is 0.239 e. The summed E-state index contributed by atoms with van der Waals surface area (Å²) < 4.78 is 5.73. The van der Waals surface area contributed by atoms with E-state index in [1.54, 1.807) is 0 Å². The first-order chi connectivity index (χ1) is 10.9. The number of hydrogen-bond acceptors (Lipinski definition) is 3. The van der Waals surface area contributed by atoms with E-state index in [9.17, 15) is 4.79 Å². The van der Waals surface area contributed by atoms with E-state index in [-0.39, 0.29) is 18.0 Å². The lowest BCUT2D eigenvalue weighted by Gasteiger charge is -2.20. The SMILES string of the molecule is CCCCCCCOc1ccc(NCC(=O)NC(C)(C)C)cc1. The maximum Gasteiger partial charge on any atom is 0.239 e. The summed E-state index contributed by atoms with van der Waals surface area (Å²) in [5, 5.41) is 6.04. The molecule has 0 spiro atoms. The lowest BCUT2D eigenvalue weighted by molar-refractivity contribution is -0.120. The van der Waals surface area contributed by atoms with Crippen molar-refractivity contribution < 1.29 is 9.53 Å². The van der Waals surface area contributed by atoms with Gasteiger partial charge in [0.15, 0.2) is 0 Å². The molecule has 1 rings (SSSR count). The molecule has 1 aromatic rings. The summed E-state index contributed by atoms with van der Waals surface area (Å²) in [5.74, 6) is 0.870. The Morgan fingerprint density at radius 3 is 2.30 bits per heavy atom. The van der Waals surface area contributed by atoms with Gasteiger partial charge in [0, 0.05) is 11.2 Å². The Balaban J connectivity index is 2.24. The second kappa shape index (κ2) is 10.1. The van der Waals surface area contributed by atoms with Crippen molar-refractivity contribution in [2.75, 3.05) is 18.5 Å². The maximum absolute atomic E-state index is 11.8. The molecular formula is C19H32N2O2. The third-order valence-corrected chi connectivity index (χ3v) is 3.34. The number of carbonyl (C=O) groups is 1. The van der Waals surface area contributed by atoms with Crippen LogP contribution in [0.4, 0.5) is 5.69 Å². The number of anilines is 1. The molecule has 4 heteroatoms. The first kappa shape index (κ1) is 19.3. The highest BCUT2D eigenvalue weighted by Gasteiger charge is 2.12. The van der Waals surface area contributed by atoms with Gasteiger partial charge in [0.05, 0.1) is 13.2 Å². The first-order valence-electron chi connectivity index (χ1n) is 8.68. The van der Waals surface area contributed by atoms with Crippen LogP contribution in [0.15, 0.2) is 24.3 Å². The van der Waals surface area contributed by atoms with Gasteiger partial charge < -0.3 is 15.4 Å². The van der Waals surface area contributed by atoms with Gasteiger partial charge in [0.1, 0.15) is 5.75 Å². The molecule has 0 heterocycles. The van der Waals surface area contributed by atoms with Crippen LogP contribution in [-0.4, -0.2) is 24.6 Å². The van der Waals surface area contributed by atoms with Crippen molar-refractivity contribution in [3.05, 3.63) is 24.3 Å². The second-order valence-corrected chi connectivity index (χ2v) is 6.94. The number of amides is 1. The molecule has 23 heavy (non-hydrogen) atoms. The van der Waals surface area contributed by atoms with Crippen LogP contribution in [0, 0.1) is 0 Å². The molecular weight excluding hydrogens is 288 g/mol. The Kier molecular flexibility index (Phi) is 8.52. The Labute approximate surface area is 141 Å². The predicted octanol–water partition coefficient (Wildman–Crippen LogP) is 4.36. The molecule has 0 fully saturated rings. The molecule has 0 aliphatic heterocycles. The standard InChI is InChI=1S/C19H32N2O2/c1-5-6-7-8-9-14-23-17-12-10-16(11-13-17)20-15-18(22)21-19(2,3)4/h10-13,20H,5-9,14-15H2,1-4H3,(H,21,22).